The van der Waals surface area contributed by atoms with Crippen molar-refractivity contribution in [3.8, 4) is 0 Å². The van der Waals surface area contributed by atoms with Crippen LogP contribution in [0.1, 0.15) is 13.8 Å². The van der Waals surface area contributed by atoms with E-state index in [1.807, 2.05) is 0 Å². The number of hydrogen-bond donors (Lipinski definition) is 3. The molecule has 0 fully saturated rings. The predicted octanol–water partition coefficient (Wildman–Crippen LogP) is -1.10. The van der Waals surface area contributed by atoms with Gasteiger partial charge in [0.15, 0.2) is 0 Å². The second kappa shape index (κ2) is 4.90. The van der Waals surface area contributed by atoms with E-state index in [4.69, 9.17) is 5.11 Å². The third kappa shape index (κ3) is 8.17. The first-order valence-corrected chi connectivity index (χ1v) is 5.96. The van der Waals surface area contributed by atoms with Gasteiger partial charge in [0, 0.05) is 18.6 Å². The fourth-order valence-corrected chi connectivity index (χ4v) is 2.09. The normalized spacial score (nSPS) is 13.2. The molecule has 0 saturated heterocycles. The van der Waals surface area contributed by atoms with Crippen molar-refractivity contribution < 1.29 is 13.5 Å². The Labute approximate surface area is 79.6 Å². The van der Waals surface area contributed by atoms with Gasteiger partial charge in [0.2, 0.25) is 10.0 Å². The standard InChI is InChI=1S/C7H18N2O3S/c1-7(2,6-8-4-5-10)9-13(3,11)12/h8-10H,4-6H2,1-3H3. The molecule has 0 bridgehead atoms. The van der Waals surface area contributed by atoms with Gasteiger partial charge in [0.25, 0.3) is 0 Å². The van der Waals surface area contributed by atoms with Gasteiger partial charge in [0.1, 0.15) is 0 Å². The minimum atomic E-state index is -3.17. The average Bonchev–Trinajstić information content (AvgIpc) is 1.81. The number of sulfonamides is 1. The Balaban J connectivity index is 3.94. The van der Waals surface area contributed by atoms with E-state index >= 15 is 0 Å². The van der Waals surface area contributed by atoms with Crippen LogP contribution in [-0.2, 0) is 10.0 Å². The van der Waals surface area contributed by atoms with Crippen molar-refractivity contribution in [2.75, 3.05) is 26.0 Å². The summed E-state index contributed by atoms with van der Waals surface area (Å²) in [5, 5.41) is 11.4. The van der Waals surface area contributed by atoms with Crippen LogP contribution in [0.2, 0.25) is 0 Å². The Bertz CT molecular complexity index is 236. The molecular weight excluding hydrogens is 192 g/mol. The van der Waals surface area contributed by atoms with E-state index < -0.39 is 15.6 Å². The molecular formula is C7H18N2O3S. The molecule has 0 spiro atoms. The van der Waals surface area contributed by atoms with Crippen LogP contribution < -0.4 is 10.0 Å². The van der Waals surface area contributed by atoms with Gasteiger partial charge in [-0.3, -0.25) is 0 Å². The van der Waals surface area contributed by atoms with Crippen molar-refractivity contribution in [3.63, 3.8) is 0 Å². The summed E-state index contributed by atoms with van der Waals surface area (Å²) in [5.41, 5.74) is -0.525. The highest BCUT2D eigenvalue weighted by Crippen LogP contribution is 2.01. The van der Waals surface area contributed by atoms with Crippen LogP contribution in [0.4, 0.5) is 0 Å². The number of aliphatic hydroxyl groups excluding tert-OH is 1. The molecule has 3 N–H and O–H groups in total. The van der Waals surface area contributed by atoms with Crippen LogP contribution in [0.3, 0.4) is 0 Å². The van der Waals surface area contributed by atoms with E-state index in [9.17, 15) is 8.42 Å². The summed E-state index contributed by atoms with van der Waals surface area (Å²) in [6, 6.07) is 0. The predicted molar refractivity (Wildman–Crippen MR) is 52.0 cm³/mol. The average molecular weight is 210 g/mol. The molecule has 6 heteroatoms. The van der Waals surface area contributed by atoms with Crippen molar-refractivity contribution in [3.05, 3.63) is 0 Å². The molecule has 0 radical (unpaired) electrons. The van der Waals surface area contributed by atoms with Crippen LogP contribution >= 0.6 is 0 Å². The van der Waals surface area contributed by atoms with Gasteiger partial charge in [-0.05, 0) is 13.8 Å². The lowest BCUT2D eigenvalue weighted by atomic mass is 10.1. The van der Waals surface area contributed by atoms with Crippen LogP contribution in [0, 0.1) is 0 Å². The summed E-state index contributed by atoms with van der Waals surface area (Å²) >= 11 is 0. The van der Waals surface area contributed by atoms with Gasteiger partial charge in [-0.15, -0.1) is 0 Å². The largest absolute Gasteiger partial charge is 0.395 e. The van der Waals surface area contributed by atoms with E-state index in [1.54, 1.807) is 13.8 Å². The Morgan fingerprint density at radius 1 is 1.38 bits per heavy atom. The molecule has 0 atom stereocenters. The second-order valence-corrected chi connectivity index (χ2v) is 5.41. The van der Waals surface area contributed by atoms with E-state index in [-0.39, 0.29) is 6.61 Å². The fourth-order valence-electron chi connectivity index (χ4n) is 1.02. The van der Waals surface area contributed by atoms with Crippen molar-refractivity contribution in [1.82, 2.24) is 10.0 Å². The van der Waals surface area contributed by atoms with E-state index in [0.29, 0.717) is 13.1 Å². The molecule has 0 aromatic rings. The first-order chi connectivity index (χ1) is 5.77. The first kappa shape index (κ1) is 12.8. The second-order valence-electron chi connectivity index (χ2n) is 3.66. The lowest BCUT2D eigenvalue weighted by Crippen LogP contribution is -2.50. The Morgan fingerprint density at radius 3 is 2.31 bits per heavy atom. The zero-order valence-corrected chi connectivity index (χ0v) is 9.11. The van der Waals surface area contributed by atoms with Crippen molar-refractivity contribution in [2.24, 2.45) is 0 Å². The van der Waals surface area contributed by atoms with Crippen LogP contribution in [0.25, 0.3) is 0 Å². The van der Waals surface area contributed by atoms with E-state index in [1.165, 1.54) is 0 Å². The first-order valence-electron chi connectivity index (χ1n) is 4.07. The molecule has 13 heavy (non-hydrogen) atoms. The quantitative estimate of drug-likeness (QED) is 0.486. The monoisotopic (exact) mass is 210 g/mol. The molecule has 0 aromatic carbocycles. The third-order valence-corrected chi connectivity index (χ3v) is 2.24. The Morgan fingerprint density at radius 2 is 1.92 bits per heavy atom. The zero-order valence-electron chi connectivity index (χ0n) is 8.29. The maximum Gasteiger partial charge on any atom is 0.209 e. The summed E-state index contributed by atoms with van der Waals surface area (Å²) in [6.07, 6.45) is 1.13. The highest BCUT2D eigenvalue weighted by Gasteiger charge is 2.20. The molecule has 0 unspecified atom stereocenters. The smallest absolute Gasteiger partial charge is 0.209 e. The molecule has 80 valence electrons. The summed E-state index contributed by atoms with van der Waals surface area (Å²) in [5.74, 6) is 0. The number of rotatable bonds is 6. The molecule has 0 aliphatic heterocycles. The number of nitrogens with one attached hydrogen (secondary N) is 2. The van der Waals surface area contributed by atoms with Crippen LogP contribution in [0.5, 0.6) is 0 Å². The van der Waals surface area contributed by atoms with Crippen molar-refractivity contribution >= 4 is 10.0 Å². The van der Waals surface area contributed by atoms with Gasteiger partial charge >= 0.3 is 0 Å². The maximum absolute atomic E-state index is 10.9. The molecule has 0 heterocycles. The molecule has 0 saturated carbocycles. The highest BCUT2D eigenvalue weighted by molar-refractivity contribution is 7.88. The SMILES string of the molecule is CC(C)(CNCCO)NS(C)(=O)=O. The zero-order chi connectivity index (χ0) is 10.5. The highest BCUT2D eigenvalue weighted by atomic mass is 32.2. The molecule has 0 amide bonds. The molecule has 0 aliphatic rings. The molecule has 5 nitrogen and oxygen atoms in total. The van der Waals surface area contributed by atoms with Crippen molar-refractivity contribution in [1.29, 1.82) is 0 Å². The van der Waals surface area contributed by atoms with Crippen molar-refractivity contribution in [2.45, 2.75) is 19.4 Å². The van der Waals surface area contributed by atoms with Gasteiger partial charge in [-0.1, -0.05) is 0 Å². The minimum absolute atomic E-state index is 0.0506. The Kier molecular flexibility index (Phi) is 4.83. The van der Waals surface area contributed by atoms with Crippen LogP contribution in [0.15, 0.2) is 0 Å². The lowest BCUT2D eigenvalue weighted by Gasteiger charge is -2.25. The summed E-state index contributed by atoms with van der Waals surface area (Å²) in [4.78, 5) is 0. The number of hydrogen-bond acceptors (Lipinski definition) is 4. The molecule has 0 rings (SSSR count). The number of aliphatic hydroxyl groups is 1. The van der Waals surface area contributed by atoms with E-state index in [0.717, 1.165) is 6.26 Å². The van der Waals surface area contributed by atoms with Gasteiger partial charge < -0.3 is 10.4 Å². The Hall–Kier alpha value is -0.170. The summed E-state index contributed by atoms with van der Waals surface area (Å²) < 4.78 is 24.3. The topological polar surface area (TPSA) is 78.4 Å². The molecule has 0 aromatic heterocycles. The lowest BCUT2D eigenvalue weighted by molar-refractivity contribution is 0.285. The van der Waals surface area contributed by atoms with Gasteiger partial charge in [-0.25, -0.2) is 13.1 Å². The van der Waals surface area contributed by atoms with Gasteiger partial charge in [-0.2, -0.15) is 0 Å². The third-order valence-electron chi connectivity index (χ3n) is 1.32. The van der Waals surface area contributed by atoms with Gasteiger partial charge in [0.05, 0.1) is 12.9 Å². The van der Waals surface area contributed by atoms with Crippen LogP contribution in [-0.4, -0.2) is 45.0 Å². The minimum Gasteiger partial charge on any atom is -0.395 e. The molecule has 0 aliphatic carbocycles. The fraction of sp³-hybridized carbons (Fsp3) is 1.00. The summed E-state index contributed by atoms with van der Waals surface area (Å²) in [7, 11) is -3.17. The van der Waals surface area contributed by atoms with E-state index in [2.05, 4.69) is 10.0 Å². The maximum atomic E-state index is 10.9. The summed E-state index contributed by atoms with van der Waals surface area (Å²) in [6.45, 7) is 4.56.